The van der Waals surface area contributed by atoms with Gasteiger partial charge in [-0.2, -0.15) is 0 Å². The molecule has 0 saturated heterocycles. The van der Waals surface area contributed by atoms with Crippen LogP contribution in [0.15, 0.2) is 103 Å². The molecule has 0 radical (unpaired) electrons. The van der Waals surface area contributed by atoms with E-state index in [4.69, 9.17) is 20.8 Å². The standard InChI is InChI=1S/C33H35ClO4Si/c1-33(2,3)39(28-14-7-5-8-15-28,29-16-9-6-10-17-29)38-27-13-11-12-25(22-27)31(35)21-19-24-18-20-26(34)23-30(24)32(36)37-4/h5-18,20,22-23,31,35H,19,21H2,1-4H3. The minimum absolute atomic E-state index is 0.177. The molecule has 0 aliphatic carbocycles. The first-order valence-corrected chi connectivity index (χ1v) is 15.4. The first kappa shape index (κ1) is 28.6. The highest BCUT2D eigenvalue weighted by Gasteiger charge is 2.52. The van der Waals surface area contributed by atoms with Gasteiger partial charge in [-0.15, -0.1) is 0 Å². The van der Waals surface area contributed by atoms with Crippen LogP contribution in [0.1, 0.15) is 54.8 Å². The van der Waals surface area contributed by atoms with Crippen molar-refractivity contribution in [3.05, 3.63) is 125 Å². The molecule has 4 nitrogen and oxygen atoms in total. The third-order valence-electron chi connectivity index (χ3n) is 7.09. The Morgan fingerprint density at radius 3 is 2.05 bits per heavy atom. The van der Waals surface area contributed by atoms with Crippen LogP contribution >= 0.6 is 11.6 Å². The van der Waals surface area contributed by atoms with Crippen LogP contribution in [0.5, 0.6) is 5.75 Å². The zero-order valence-electron chi connectivity index (χ0n) is 22.9. The maximum absolute atomic E-state index is 12.2. The largest absolute Gasteiger partial charge is 0.534 e. The van der Waals surface area contributed by atoms with Crippen molar-refractivity contribution in [1.29, 1.82) is 0 Å². The van der Waals surface area contributed by atoms with Crippen LogP contribution in [0.2, 0.25) is 10.1 Å². The number of aliphatic hydroxyl groups excluding tert-OH is 1. The van der Waals surface area contributed by atoms with Gasteiger partial charge in [0.2, 0.25) is 0 Å². The summed E-state index contributed by atoms with van der Waals surface area (Å²) in [5.74, 6) is 0.283. The maximum Gasteiger partial charge on any atom is 0.338 e. The van der Waals surface area contributed by atoms with E-state index in [-0.39, 0.29) is 5.04 Å². The number of carbonyl (C=O) groups is 1. The molecule has 39 heavy (non-hydrogen) atoms. The molecule has 1 unspecified atom stereocenters. The molecule has 4 aromatic carbocycles. The van der Waals surface area contributed by atoms with E-state index in [1.807, 2.05) is 42.5 Å². The van der Waals surface area contributed by atoms with Gasteiger partial charge in [-0.3, -0.25) is 0 Å². The van der Waals surface area contributed by atoms with E-state index in [0.29, 0.717) is 23.4 Å². The average molecular weight is 559 g/mol. The minimum Gasteiger partial charge on any atom is -0.534 e. The number of methoxy groups -OCH3 is 1. The Morgan fingerprint density at radius 2 is 1.49 bits per heavy atom. The molecule has 202 valence electrons. The second kappa shape index (κ2) is 12.2. The normalized spacial score (nSPS) is 12.6. The maximum atomic E-state index is 12.2. The first-order valence-electron chi connectivity index (χ1n) is 13.1. The van der Waals surface area contributed by atoms with Crippen molar-refractivity contribution >= 4 is 36.3 Å². The van der Waals surface area contributed by atoms with E-state index >= 15 is 0 Å². The fourth-order valence-electron chi connectivity index (χ4n) is 5.14. The Kier molecular flexibility index (Phi) is 8.96. The van der Waals surface area contributed by atoms with Gasteiger partial charge in [-0.1, -0.05) is 111 Å². The molecule has 1 atom stereocenters. The number of halogens is 1. The lowest BCUT2D eigenvalue weighted by Gasteiger charge is -2.43. The van der Waals surface area contributed by atoms with E-state index in [0.717, 1.165) is 16.9 Å². The average Bonchev–Trinajstić information content (AvgIpc) is 2.95. The summed E-state index contributed by atoms with van der Waals surface area (Å²) in [5, 5.41) is 13.8. The Labute approximate surface area is 237 Å². The number of rotatable bonds is 9. The number of benzene rings is 4. The smallest absolute Gasteiger partial charge is 0.338 e. The molecule has 0 aliphatic heterocycles. The van der Waals surface area contributed by atoms with Crippen LogP contribution in [-0.4, -0.2) is 26.5 Å². The number of hydrogen-bond donors (Lipinski definition) is 1. The lowest BCUT2D eigenvalue weighted by Crippen LogP contribution is -2.68. The number of ether oxygens (including phenoxy) is 1. The van der Waals surface area contributed by atoms with Gasteiger partial charge in [0.15, 0.2) is 0 Å². The van der Waals surface area contributed by atoms with Crippen molar-refractivity contribution < 1.29 is 19.1 Å². The van der Waals surface area contributed by atoms with Gasteiger partial charge in [-0.05, 0) is 63.6 Å². The second-order valence-corrected chi connectivity index (χ2v) is 15.3. The molecular formula is C33H35ClO4Si. The van der Waals surface area contributed by atoms with Gasteiger partial charge < -0.3 is 14.3 Å². The zero-order valence-corrected chi connectivity index (χ0v) is 24.6. The molecule has 4 aromatic rings. The van der Waals surface area contributed by atoms with Crippen LogP contribution in [0.25, 0.3) is 0 Å². The molecule has 0 fully saturated rings. The lowest BCUT2D eigenvalue weighted by molar-refractivity contribution is 0.0599. The van der Waals surface area contributed by atoms with E-state index < -0.39 is 20.4 Å². The topological polar surface area (TPSA) is 55.8 Å². The Morgan fingerprint density at radius 1 is 0.872 bits per heavy atom. The summed E-state index contributed by atoms with van der Waals surface area (Å²) in [6.45, 7) is 6.72. The van der Waals surface area contributed by atoms with Crippen LogP contribution in [-0.2, 0) is 11.2 Å². The molecule has 0 heterocycles. The fraction of sp³-hybridized carbons (Fsp3) is 0.242. The number of carbonyl (C=O) groups excluding carboxylic acids is 1. The third-order valence-corrected chi connectivity index (χ3v) is 12.3. The van der Waals surface area contributed by atoms with Gasteiger partial charge in [0.25, 0.3) is 0 Å². The van der Waals surface area contributed by atoms with Crippen molar-refractivity contribution in [2.24, 2.45) is 0 Å². The van der Waals surface area contributed by atoms with Gasteiger partial charge in [-0.25, -0.2) is 4.79 Å². The summed E-state index contributed by atoms with van der Waals surface area (Å²) < 4.78 is 12.0. The summed E-state index contributed by atoms with van der Waals surface area (Å²) in [7, 11) is -1.45. The van der Waals surface area contributed by atoms with Gasteiger partial charge in [0.05, 0.1) is 18.8 Å². The summed E-state index contributed by atoms with van der Waals surface area (Å²) in [5.41, 5.74) is 1.96. The molecule has 4 rings (SSSR count). The van der Waals surface area contributed by atoms with E-state index in [1.54, 1.807) is 12.1 Å². The van der Waals surface area contributed by atoms with E-state index in [1.165, 1.54) is 17.5 Å². The fourth-order valence-corrected chi connectivity index (χ4v) is 9.72. The molecule has 0 spiro atoms. The molecule has 0 saturated carbocycles. The Hall–Kier alpha value is -3.38. The summed E-state index contributed by atoms with van der Waals surface area (Å²) >= 11 is 6.10. The highest BCUT2D eigenvalue weighted by Crippen LogP contribution is 2.38. The number of aliphatic hydroxyl groups is 1. The van der Waals surface area contributed by atoms with E-state index in [2.05, 4.69) is 69.3 Å². The number of aryl methyl sites for hydroxylation is 1. The molecular weight excluding hydrogens is 524 g/mol. The van der Waals surface area contributed by atoms with Crippen LogP contribution in [0.3, 0.4) is 0 Å². The van der Waals surface area contributed by atoms with Crippen molar-refractivity contribution in [3.63, 3.8) is 0 Å². The minimum atomic E-state index is -2.79. The highest BCUT2D eigenvalue weighted by molar-refractivity contribution is 7.00. The lowest BCUT2D eigenvalue weighted by atomic mass is 9.98. The zero-order chi connectivity index (χ0) is 28.0. The summed E-state index contributed by atoms with van der Waals surface area (Å²) in [6, 6.07) is 33.8. The van der Waals surface area contributed by atoms with Crippen LogP contribution < -0.4 is 14.8 Å². The number of hydrogen-bond acceptors (Lipinski definition) is 4. The first-order chi connectivity index (χ1) is 18.7. The van der Waals surface area contributed by atoms with E-state index in [9.17, 15) is 9.90 Å². The Bertz CT molecular complexity index is 1360. The van der Waals surface area contributed by atoms with Gasteiger partial charge >= 0.3 is 14.3 Å². The predicted molar refractivity (Wildman–Crippen MR) is 161 cm³/mol. The molecule has 1 N–H and O–H groups in total. The van der Waals surface area contributed by atoms with Gasteiger partial charge in [0.1, 0.15) is 5.75 Å². The van der Waals surface area contributed by atoms with Crippen molar-refractivity contribution in [1.82, 2.24) is 0 Å². The second-order valence-electron chi connectivity index (χ2n) is 10.7. The van der Waals surface area contributed by atoms with Crippen LogP contribution in [0.4, 0.5) is 0 Å². The third kappa shape index (κ3) is 6.27. The van der Waals surface area contributed by atoms with Gasteiger partial charge in [0, 0.05) is 5.02 Å². The van der Waals surface area contributed by atoms with Crippen molar-refractivity contribution in [2.75, 3.05) is 7.11 Å². The molecule has 0 amide bonds. The molecule has 0 aromatic heterocycles. The summed E-state index contributed by atoms with van der Waals surface area (Å²) in [6.07, 6.45) is 0.172. The van der Waals surface area contributed by atoms with Crippen molar-refractivity contribution in [3.8, 4) is 5.75 Å². The number of esters is 1. The predicted octanol–water partition coefficient (Wildman–Crippen LogP) is 6.73. The highest BCUT2D eigenvalue weighted by atomic mass is 35.5. The monoisotopic (exact) mass is 558 g/mol. The molecule has 0 aliphatic rings. The SMILES string of the molecule is COC(=O)c1cc(Cl)ccc1CCC(O)c1cccc(O[Si](c2ccccc2)(c2ccccc2)C(C)(C)C)c1. The van der Waals surface area contributed by atoms with Crippen LogP contribution in [0, 0.1) is 0 Å². The molecule has 6 heteroatoms. The molecule has 0 bridgehead atoms. The Balaban J connectivity index is 1.65. The quantitative estimate of drug-likeness (QED) is 0.183. The summed E-state index contributed by atoms with van der Waals surface area (Å²) in [4.78, 5) is 12.2. The van der Waals surface area contributed by atoms with Crippen molar-refractivity contribution in [2.45, 2.75) is 44.8 Å².